The molecule has 0 saturated carbocycles. The van der Waals surface area contributed by atoms with Crippen LogP contribution in [-0.4, -0.2) is 55.8 Å². The van der Waals surface area contributed by atoms with Gasteiger partial charge in [-0.2, -0.15) is 28.2 Å². The molecule has 4 rings (SSSR count). The van der Waals surface area contributed by atoms with Gasteiger partial charge in [0, 0.05) is 32.1 Å². The third-order valence-corrected chi connectivity index (χ3v) is 5.58. The van der Waals surface area contributed by atoms with Crippen molar-refractivity contribution in [2.45, 2.75) is 37.9 Å². The lowest BCUT2D eigenvalue weighted by molar-refractivity contribution is -0.137. The monoisotopic (exact) mass is 480 g/mol. The van der Waals surface area contributed by atoms with E-state index in [1.54, 1.807) is 25.1 Å². The summed E-state index contributed by atoms with van der Waals surface area (Å²) in [7, 11) is 0. The van der Waals surface area contributed by atoms with E-state index < -0.39 is 42.5 Å². The molecule has 1 N–H and O–H groups in total. The number of aryl methyl sites for hydroxylation is 1. The summed E-state index contributed by atoms with van der Waals surface area (Å²) in [5, 5.41) is 10.9. The molecule has 1 aliphatic rings. The first-order valence-electron chi connectivity index (χ1n) is 10.5. The number of nitrogens with one attached hydrogen (secondary N) is 1. The van der Waals surface area contributed by atoms with Crippen LogP contribution in [0.3, 0.4) is 0 Å². The zero-order chi connectivity index (χ0) is 24.5. The first-order valence-corrected chi connectivity index (χ1v) is 10.5. The molecule has 1 fully saturated rings. The van der Waals surface area contributed by atoms with Crippen LogP contribution in [0.2, 0.25) is 0 Å². The van der Waals surface area contributed by atoms with Crippen molar-refractivity contribution in [2.24, 2.45) is 0 Å². The summed E-state index contributed by atoms with van der Waals surface area (Å²) in [4.78, 5) is 19.9. The molecule has 34 heavy (non-hydrogen) atoms. The average molecular weight is 480 g/mol. The van der Waals surface area contributed by atoms with Crippen molar-refractivity contribution < 1.29 is 26.7 Å². The number of hydrogen-bond donors (Lipinski definition) is 1. The molecule has 1 saturated heterocycles. The van der Waals surface area contributed by atoms with Crippen molar-refractivity contribution in [2.75, 3.05) is 18.4 Å². The van der Waals surface area contributed by atoms with E-state index in [-0.39, 0.29) is 24.5 Å². The Morgan fingerprint density at radius 3 is 2.56 bits per heavy atom. The number of carbonyl (C=O) groups excluding carboxylic acids is 1. The molecule has 1 aromatic carbocycles. The Morgan fingerprint density at radius 2 is 1.91 bits per heavy atom. The number of nitrogens with zero attached hydrogens (tertiary/aromatic N) is 5. The van der Waals surface area contributed by atoms with Crippen LogP contribution >= 0.6 is 0 Å². The Bertz CT molecular complexity index is 1150. The third-order valence-electron chi connectivity index (χ3n) is 5.58. The Hall–Kier alpha value is -3.57. The second-order valence-corrected chi connectivity index (χ2v) is 8.11. The molecule has 1 atom stereocenters. The molecule has 0 radical (unpaired) electrons. The van der Waals surface area contributed by atoms with Crippen molar-refractivity contribution in [3.8, 4) is 5.69 Å². The molecular weight excluding hydrogens is 459 g/mol. The molecule has 3 heterocycles. The molecule has 180 valence electrons. The number of piperidine rings is 1. The molecule has 0 aliphatic carbocycles. The minimum absolute atomic E-state index is 0.0891. The van der Waals surface area contributed by atoms with Crippen molar-refractivity contribution >= 4 is 11.7 Å². The summed E-state index contributed by atoms with van der Waals surface area (Å²) in [6.45, 7) is 1.51. The van der Waals surface area contributed by atoms with Gasteiger partial charge in [0.05, 0.1) is 35.2 Å². The zero-order valence-corrected chi connectivity index (χ0v) is 18.1. The summed E-state index contributed by atoms with van der Waals surface area (Å²) in [5.41, 5.74) is 0.552. The van der Waals surface area contributed by atoms with E-state index >= 15 is 0 Å². The Morgan fingerprint density at radius 1 is 1.18 bits per heavy atom. The summed E-state index contributed by atoms with van der Waals surface area (Å²) in [6, 6.07) is 6.17. The van der Waals surface area contributed by atoms with Crippen LogP contribution < -0.4 is 5.32 Å². The maximum absolute atomic E-state index is 14.2. The summed E-state index contributed by atoms with van der Waals surface area (Å²) < 4.78 is 66.7. The van der Waals surface area contributed by atoms with Crippen molar-refractivity contribution in [1.29, 1.82) is 0 Å². The van der Waals surface area contributed by atoms with E-state index in [0.717, 1.165) is 17.7 Å². The second-order valence-electron chi connectivity index (χ2n) is 8.11. The molecule has 0 bridgehead atoms. The Kier molecular flexibility index (Phi) is 6.24. The number of hydrogen-bond acceptors (Lipinski definition) is 5. The van der Waals surface area contributed by atoms with Gasteiger partial charge in [0.25, 0.3) is 11.8 Å². The number of likely N-dealkylation sites (tertiary alicyclic amines) is 1. The van der Waals surface area contributed by atoms with Gasteiger partial charge in [-0.1, -0.05) is 11.6 Å². The largest absolute Gasteiger partial charge is 0.417 e. The van der Waals surface area contributed by atoms with Crippen molar-refractivity contribution in [1.82, 2.24) is 24.9 Å². The fraction of sp³-hybridized carbons (Fsp3) is 0.364. The lowest BCUT2D eigenvalue weighted by atomic mass is 9.96. The fourth-order valence-corrected chi connectivity index (χ4v) is 3.85. The number of rotatable bonds is 5. The van der Waals surface area contributed by atoms with Crippen LogP contribution in [-0.2, 0) is 6.18 Å². The van der Waals surface area contributed by atoms with Crippen molar-refractivity contribution in [3.63, 3.8) is 0 Å². The first-order chi connectivity index (χ1) is 16.0. The van der Waals surface area contributed by atoms with Crippen LogP contribution in [0.1, 0.15) is 34.3 Å². The number of alkyl halides is 5. The summed E-state index contributed by atoms with van der Waals surface area (Å²) >= 11 is 0. The van der Waals surface area contributed by atoms with Gasteiger partial charge < -0.3 is 10.2 Å². The van der Waals surface area contributed by atoms with E-state index in [2.05, 4.69) is 20.5 Å². The van der Waals surface area contributed by atoms with E-state index in [1.807, 2.05) is 0 Å². The van der Waals surface area contributed by atoms with E-state index in [0.29, 0.717) is 11.9 Å². The number of aromatic nitrogens is 4. The average Bonchev–Trinajstić information content (AvgIpc) is 3.31. The van der Waals surface area contributed by atoms with Crippen LogP contribution in [0.15, 0.2) is 48.9 Å². The molecule has 1 amide bonds. The predicted octanol–water partition coefficient (Wildman–Crippen LogP) is 4.34. The topological polar surface area (TPSA) is 75.9 Å². The van der Waals surface area contributed by atoms with Gasteiger partial charge in [0.15, 0.2) is 0 Å². The second kappa shape index (κ2) is 8.99. The summed E-state index contributed by atoms with van der Waals surface area (Å²) in [6.07, 6.45) is -2.03. The first kappa shape index (κ1) is 23.6. The number of anilines is 1. The van der Waals surface area contributed by atoms with Crippen LogP contribution in [0.25, 0.3) is 5.69 Å². The van der Waals surface area contributed by atoms with Gasteiger partial charge in [-0.25, -0.2) is 13.8 Å². The maximum atomic E-state index is 14.2. The quantitative estimate of drug-likeness (QED) is 0.550. The Balaban J connectivity index is 1.57. The molecule has 7 nitrogen and oxygen atoms in total. The molecule has 1 unspecified atom stereocenters. The third kappa shape index (κ3) is 5.15. The number of benzene rings is 1. The Labute approximate surface area is 191 Å². The van der Waals surface area contributed by atoms with E-state index in [1.165, 1.54) is 22.1 Å². The highest BCUT2D eigenvalue weighted by Crippen LogP contribution is 2.34. The minimum atomic E-state index is -4.53. The molecule has 2 aromatic heterocycles. The van der Waals surface area contributed by atoms with E-state index in [4.69, 9.17) is 0 Å². The van der Waals surface area contributed by atoms with Gasteiger partial charge >= 0.3 is 6.18 Å². The maximum Gasteiger partial charge on any atom is 0.417 e. The highest BCUT2D eigenvalue weighted by Gasteiger charge is 2.42. The molecule has 12 heteroatoms. The zero-order valence-electron chi connectivity index (χ0n) is 18.1. The van der Waals surface area contributed by atoms with Gasteiger partial charge in [-0.3, -0.25) is 4.79 Å². The SMILES string of the molecule is Cc1ccc(-n2nccn2)c(C(=O)N2CCC(F)(F)CC2CNc2ccc(C(F)(F)F)cn2)c1. The number of amides is 1. The highest BCUT2D eigenvalue weighted by molar-refractivity contribution is 5.98. The normalized spacial score (nSPS) is 18.1. The van der Waals surface area contributed by atoms with Crippen LogP contribution in [0.5, 0.6) is 0 Å². The molecule has 0 spiro atoms. The lowest BCUT2D eigenvalue weighted by Crippen LogP contribution is -2.52. The van der Waals surface area contributed by atoms with Gasteiger partial charge in [-0.05, 0) is 31.2 Å². The number of carbonyl (C=O) groups is 1. The predicted molar refractivity (Wildman–Crippen MR) is 113 cm³/mol. The van der Waals surface area contributed by atoms with Crippen LogP contribution in [0, 0.1) is 6.92 Å². The fourth-order valence-electron chi connectivity index (χ4n) is 3.85. The van der Waals surface area contributed by atoms with E-state index in [9.17, 15) is 26.7 Å². The minimum Gasteiger partial charge on any atom is -0.368 e. The molecule has 3 aromatic rings. The number of halogens is 5. The molecular formula is C22H21F5N6O. The molecule has 1 aliphatic heterocycles. The number of pyridine rings is 1. The standard InChI is InChI=1S/C22H21F5N6O/c1-14-2-4-18(33-30-7-8-31-33)17(10-14)20(34)32-9-6-21(23,24)11-16(32)13-29-19-5-3-15(12-28-19)22(25,26)27/h2-5,7-8,10,12,16H,6,9,11,13H2,1H3,(H,28,29). The highest BCUT2D eigenvalue weighted by atomic mass is 19.4. The van der Waals surface area contributed by atoms with Gasteiger partial charge in [0.2, 0.25) is 0 Å². The smallest absolute Gasteiger partial charge is 0.368 e. The lowest BCUT2D eigenvalue weighted by Gasteiger charge is -2.39. The van der Waals surface area contributed by atoms with Crippen LogP contribution in [0.4, 0.5) is 27.8 Å². The summed E-state index contributed by atoms with van der Waals surface area (Å²) in [5.74, 6) is -3.35. The van der Waals surface area contributed by atoms with Gasteiger partial charge in [0.1, 0.15) is 5.82 Å². The van der Waals surface area contributed by atoms with Gasteiger partial charge in [-0.15, -0.1) is 0 Å². The van der Waals surface area contributed by atoms with Crippen molar-refractivity contribution in [3.05, 3.63) is 65.6 Å².